The number of amides is 1. The fourth-order valence-corrected chi connectivity index (χ4v) is 3.57. The van der Waals surface area contributed by atoms with Crippen molar-refractivity contribution >= 4 is 35.0 Å². The summed E-state index contributed by atoms with van der Waals surface area (Å²) >= 11 is 7.29. The van der Waals surface area contributed by atoms with Gasteiger partial charge in [0.15, 0.2) is 11.0 Å². The van der Waals surface area contributed by atoms with E-state index in [9.17, 15) is 4.79 Å². The minimum absolute atomic E-state index is 0.134. The highest BCUT2D eigenvalue weighted by molar-refractivity contribution is 8.00. The zero-order valence-corrected chi connectivity index (χ0v) is 17.6. The van der Waals surface area contributed by atoms with Crippen LogP contribution in [0.3, 0.4) is 0 Å². The highest BCUT2D eigenvalue weighted by atomic mass is 35.5. The molecule has 0 bridgehead atoms. The third-order valence-corrected chi connectivity index (χ3v) is 5.59. The van der Waals surface area contributed by atoms with Crippen LogP contribution < -0.4 is 10.1 Å². The highest BCUT2D eigenvalue weighted by Crippen LogP contribution is 2.29. The summed E-state index contributed by atoms with van der Waals surface area (Å²) in [6.07, 6.45) is 0. The third-order valence-electron chi connectivity index (χ3n) is 4.20. The van der Waals surface area contributed by atoms with Crippen LogP contribution in [0.15, 0.2) is 47.6 Å². The number of carbonyl (C=O) groups excluding carboxylic acids is 1. The molecule has 1 amide bonds. The number of anilines is 1. The lowest BCUT2D eigenvalue weighted by molar-refractivity contribution is -0.115. The lowest BCUT2D eigenvalue weighted by atomic mass is 10.2. The number of ether oxygens (including phenoxy) is 1. The first-order valence-electron chi connectivity index (χ1n) is 8.66. The topological polar surface area (TPSA) is 69.0 Å². The molecule has 28 heavy (non-hydrogen) atoms. The van der Waals surface area contributed by atoms with Crippen molar-refractivity contribution in [2.45, 2.75) is 24.3 Å². The molecule has 6 nitrogen and oxygen atoms in total. The Morgan fingerprint density at radius 1 is 1.21 bits per heavy atom. The molecule has 0 fully saturated rings. The Morgan fingerprint density at radius 2 is 1.93 bits per heavy atom. The maximum Gasteiger partial charge on any atom is 0.237 e. The quantitative estimate of drug-likeness (QED) is 0.596. The summed E-state index contributed by atoms with van der Waals surface area (Å²) < 4.78 is 7.19. The lowest BCUT2D eigenvalue weighted by Crippen LogP contribution is -2.23. The first kappa shape index (κ1) is 20.2. The summed E-state index contributed by atoms with van der Waals surface area (Å²) in [5.74, 6) is 1.21. The van der Waals surface area contributed by atoms with Crippen LogP contribution >= 0.6 is 23.4 Å². The van der Waals surface area contributed by atoms with E-state index in [1.165, 1.54) is 11.8 Å². The van der Waals surface area contributed by atoms with Gasteiger partial charge in [0.1, 0.15) is 5.75 Å². The molecule has 1 atom stereocenters. The average Bonchev–Trinajstić information content (AvgIpc) is 3.03. The van der Waals surface area contributed by atoms with E-state index < -0.39 is 0 Å². The molecule has 146 valence electrons. The largest absolute Gasteiger partial charge is 0.495 e. The molecule has 0 spiro atoms. The Balaban J connectivity index is 1.73. The summed E-state index contributed by atoms with van der Waals surface area (Å²) in [5, 5.41) is 12.4. The van der Waals surface area contributed by atoms with Crippen LogP contribution in [0.5, 0.6) is 5.75 Å². The van der Waals surface area contributed by atoms with E-state index in [1.807, 2.05) is 67.9 Å². The van der Waals surface area contributed by atoms with Crippen LogP contribution in [-0.4, -0.2) is 33.0 Å². The SMILES string of the molecule is COc1ccc(C)cc1NC(=O)C(C)Sc1nnc(-c2ccc(Cl)cc2)n1C. The summed E-state index contributed by atoms with van der Waals surface area (Å²) in [4.78, 5) is 12.7. The number of nitrogens with zero attached hydrogens (tertiary/aromatic N) is 3. The monoisotopic (exact) mass is 416 g/mol. The van der Waals surface area contributed by atoms with E-state index in [1.54, 1.807) is 7.11 Å². The third kappa shape index (κ3) is 4.48. The number of hydrogen-bond donors (Lipinski definition) is 1. The van der Waals surface area contributed by atoms with Crippen molar-refractivity contribution in [3.05, 3.63) is 53.1 Å². The molecule has 1 N–H and O–H groups in total. The van der Waals surface area contributed by atoms with Crippen LogP contribution in [0.4, 0.5) is 5.69 Å². The fourth-order valence-electron chi connectivity index (χ4n) is 2.63. The standard InChI is InChI=1S/C20H21ClN4O2S/c1-12-5-10-17(27-4)16(11-12)22-19(26)13(2)28-20-24-23-18(25(20)3)14-6-8-15(21)9-7-14/h5-11,13H,1-4H3,(H,22,26). The van der Waals surface area contributed by atoms with E-state index in [4.69, 9.17) is 16.3 Å². The fraction of sp³-hybridized carbons (Fsp3) is 0.250. The number of carbonyl (C=O) groups is 1. The number of rotatable bonds is 6. The van der Waals surface area contributed by atoms with Gasteiger partial charge in [0.25, 0.3) is 0 Å². The van der Waals surface area contributed by atoms with Gasteiger partial charge in [0.2, 0.25) is 5.91 Å². The first-order chi connectivity index (χ1) is 13.4. The van der Waals surface area contributed by atoms with E-state index in [0.717, 1.165) is 11.1 Å². The molecule has 0 saturated carbocycles. The average molecular weight is 417 g/mol. The molecule has 1 unspecified atom stereocenters. The highest BCUT2D eigenvalue weighted by Gasteiger charge is 2.20. The number of thioether (sulfide) groups is 1. The van der Waals surface area contributed by atoms with Crippen molar-refractivity contribution < 1.29 is 9.53 Å². The number of benzene rings is 2. The van der Waals surface area contributed by atoms with Gasteiger partial charge in [-0.25, -0.2) is 0 Å². The first-order valence-corrected chi connectivity index (χ1v) is 9.92. The Bertz CT molecular complexity index is 988. The zero-order chi connectivity index (χ0) is 20.3. The van der Waals surface area contributed by atoms with Gasteiger partial charge in [-0.1, -0.05) is 29.4 Å². The van der Waals surface area contributed by atoms with Crippen LogP contribution in [0.2, 0.25) is 5.02 Å². The molecule has 0 aliphatic heterocycles. The Kier molecular flexibility index (Phi) is 6.26. The van der Waals surface area contributed by atoms with Gasteiger partial charge in [-0.3, -0.25) is 4.79 Å². The minimum Gasteiger partial charge on any atom is -0.495 e. The van der Waals surface area contributed by atoms with Gasteiger partial charge in [-0.2, -0.15) is 0 Å². The number of nitrogens with one attached hydrogen (secondary N) is 1. The predicted octanol–water partition coefficient (Wildman–Crippen LogP) is 4.57. The van der Waals surface area contributed by atoms with Gasteiger partial charge in [0.05, 0.1) is 18.0 Å². The van der Waals surface area contributed by atoms with E-state index in [0.29, 0.717) is 27.4 Å². The minimum atomic E-state index is -0.369. The molecule has 3 rings (SSSR count). The molecule has 0 aliphatic carbocycles. The summed E-state index contributed by atoms with van der Waals surface area (Å²) in [5.41, 5.74) is 2.60. The maximum absolute atomic E-state index is 12.7. The number of halogens is 1. The second kappa shape index (κ2) is 8.67. The van der Waals surface area contributed by atoms with Gasteiger partial charge in [-0.15, -0.1) is 10.2 Å². The molecule has 1 heterocycles. The number of methoxy groups -OCH3 is 1. The van der Waals surface area contributed by atoms with E-state index in [2.05, 4.69) is 15.5 Å². The maximum atomic E-state index is 12.7. The predicted molar refractivity (Wildman–Crippen MR) is 113 cm³/mol. The van der Waals surface area contributed by atoms with Crippen molar-refractivity contribution in [1.29, 1.82) is 0 Å². The second-order valence-electron chi connectivity index (χ2n) is 6.33. The van der Waals surface area contributed by atoms with Gasteiger partial charge in [-0.05, 0) is 55.8 Å². The molecule has 0 saturated heterocycles. The normalized spacial score (nSPS) is 11.9. The number of aromatic nitrogens is 3. The van der Waals surface area contributed by atoms with Crippen molar-refractivity contribution in [2.75, 3.05) is 12.4 Å². The lowest BCUT2D eigenvalue weighted by Gasteiger charge is -2.14. The molecule has 0 radical (unpaired) electrons. The van der Waals surface area contributed by atoms with E-state index in [-0.39, 0.29) is 11.2 Å². The van der Waals surface area contributed by atoms with E-state index >= 15 is 0 Å². The Morgan fingerprint density at radius 3 is 2.61 bits per heavy atom. The molecule has 8 heteroatoms. The zero-order valence-electron chi connectivity index (χ0n) is 16.1. The molecular formula is C20H21ClN4O2S. The van der Waals surface area contributed by atoms with Gasteiger partial charge in [0, 0.05) is 17.6 Å². The second-order valence-corrected chi connectivity index (χ2v) is 8.07. The van der Waals surface area contributed by atoms with Crippen LogP contribution in [0, 0.1) is 6.92 Å². The number of hydrogen-bond acceptors (Lipinski definition) is 5. The molecule has 0 aliphatic rings. The number of aryl methyl sites for hydroxylation is 1. The molecule has 1 aromatic heterocycles. The summed E-state index contributed by atoms with van der Waals surface area (Å²) in [6, 6.07) is 13.1. The molecule has 2 aromatic carbocycles. The molecular weight excluding hydrogens is 396 g/mol. The van der Waals surface area contributed by atoms with Crippen molar-refractivity contribution in [1.82, 2.24) is 14.8 Å². The Labute approximate surface area is 173 Å². The summed E-state index contributed by atoms with van der Waals surface area (Å²) in [6.45, 7) is 3.80. The van der Waals surface area contributed by atoms with Crippen molar-refractivity contribution in [2.24, 2.45) is 7.05 Å². The Hall–Kier alpha value is -2.51. The van der Waals surface area contributed by atoms with Crippen LogP contribution in [0.1, 0.15) is 12.5 Å². The van der Waals surface area contributed by atoms with Crippen molar-refractivity contribution in [3.8, 4) is 17.1 Å². The smallest absolute Gasteiger partial charge is 0.237 e. The van der Waals surface area contributed by atoms with Gasteiger partial charge >= 0.3 is 0 Å². The van der Waals surface area contributed by atoms with Crippen LogP contribution in [0.25, 0.3) is 11.4 Å². The summed E-state index contributed by atoms with van der Waals surface area (Å²) in [7, 11) is 3.46. The van der Waals surface area contributed by atoms with Gasteiger partial charge < -0.3 is 14.6 Å². The van der Waals surface area contributed by atoms with Crippen LogP contribution in [-0.2, 0) is 11.8 Å². The molecule has 3 aromatic rings. The van der Waals surface area contributed by atoms with Crippen molar-refractivity contribution in [3.63, 3.8) is 0 Å².